The SMILES string of the molecule is Cc1ccccc1Oc1cc(F)c(C(=O)NS(=O)(=O)N(C)C)cc1C. The van der Waals surface area contributed by atoms with Crippen LogP contribution >= 0.6 is 0 Å². The summed E-state index contributed by atoms with van der Waals surface area (Å²) in [5, 5.41) is 0. The zero-order chi connectivity index (χ0) is 18.8. The minimum Gasteiger partial charge on any atom is -0.457 e. The van der Waals surface area contributed by atoms with Crippen molar-refractivity contribution in [1.82, 2.24) is 9.03 Å². The number of carbonyl (C=O) groups is 1. The summed E-state index contributed by atoms with van der Waals surface area (Å²) in [5.74, 6) is -1.10. The van der Waals surface area contributed by atoms with Crippen molar-refractivity contribution in [2.24, 2.45) is 0 Å². The van der Waals surface area contributed by atoms with E-state index in [4.69, 9.17) is 4.74 Å². The molecule has 134 valence electrons. The lowest BCUT2D eigenvalue weighted by Gasteiger charge is -2.15. The zero-order valence-corrected chi connectivity index (χ0v) is 15.1. The van der Waals surface area contributed by atoms with E-state index in [1.54, 1.807) is 23.8 Å². The van der Waals surface area contributed by atoms with Gasteiger partial charge in [0.1, 0.15) is 17.3 Å². The minimum atomic E-state index is -4.00. The predicted octanol–water partition coefficient (Wildman–Crippen LogP) is 2.77. The van der Waals surface area contributed by atoms with Crippen LogP contribution in [0.2, 0.25) is 0 Å². The number of ether oxygens (including phenoxy) is 1. The summed E-state index contributed by atoms with van der Waals surface area (Å²) in [5.41, 5.74) is 0.998. The van der Waals surface area contributed by atoms with Gasteiger partial charge in [-0.1, -0.05) is 18.2 Å². The van der Waals surface area contributed by atoms with Crippen LogP contribution in [0.1, 0.15) is 21.5 Å². The number of hydrogen-bond acceptors (Lipinski definition) is 4. The summed E-state index contributed by atoms with van der Waals surface area (Å²) in [6.45, 7) is 3.50. The van der Waals surface area contributed by atoms with Crippen LogP contribution in [-0.4, -0.2) is 32.7 Å². The van der Waals surface area contributed by atoms with Gasteiger partial charge in [-0.3, -0.25) is 4.79 Å². The van der Waals surface area contributed by atoms with Crippen molar-refractivity contribution in [3.8, 4) is 11.5 Å². The van der Waals surface area contributed by atoms with Gasteiger partial charge in [-0.05, 0) is 37.1 Å². The standard InChI is InChI=1S/C17H19FN2O4S/c1-11-7-5-6-8-15(11)24-16-10-14(18)13(9-12(16)2)17(21)19-25(22,23)20(3)4/h5-10H,1-4H3,(H,19,21). The number of benzene rings is 2. The maximum absolute atomic E-state index is 14.3. The molecule has 8 heteroatoms. The van der Waals surface area contributed by atoms with Gasteiger partial charge in [0, 0.05) is 20.2 Å². The normalized spacial score (nSPS) is 11.4. The summed E-state index contributed by atoms with van der Waals surface area (Å²) >= 11 is 0. The molecule has 0 aliphatic carbocycles. The van der Waals surface area contributed by atoms with Gasteiger partial charge >= 0.3 is 10.2 Å². The molecule has 1 N–H and O–H groups in total. The van der Waals surface area contributed by atoms with Crippen LogP contribution in [0, 0.1) is 19.7 Å². The molecule has 0 atom stereocenters. The first-order valence-electron chi connectivity index (χ1n) is 7.40. The Hall–Kier alpha value is -2.45. The van der Waals surface area contributed by atoms with Gasteiger partial charge in [0.25, 0.3) is 5.91 Å². The van der Waals surface area contributed by atoms with E-state index in [1.807, 2.05) is 19.1 Å². The van der Waals surface area contributed by atoms with Crippen molar-refractivity contribution in [2.45, 2.75) is 13.8 Å². The van der Waals surface area contributed by atoms with E-state index in [2.05, 4.69) is 0 Å². The van der Waals surface area contributed by atoms with Crippen molar-refractivity contribution in [1.29, 1.82) is 0 Å². The summed E-state index contributed by atoms with van der Waals surface area (Å²) in [4.78, 5) is 12.1. The third-order valence-corrected chi connectivity index (χ3v) is 4.93. The van der Waals surface area contributed by atoms with Crippen molar-refractivity contribution < 1.29 is 22.3 Å². The Morgan fingerprint density at radius 1 is 1.08 bits per heavy atom. The highest BCUT2D eigenvalue weighted by molar-refractivity contribution is 7.87. The molecule has 0 unspecified atom stereocenters. The van der Waals surface area contributed by atoms with E-state index in [0.717, 1.165) is 15.9 Å². The quantitative estimate of drug-likeness (QED) is 0.883. The number of hydrogen-bond donors (Lipinski definition) is 1. The molecule has 25 heavy (non-hydrogen) atoms. The number of nitrogens with zero attached hydrogens (tertiary/aromatic N) is 1. The number of aryl methyl sites for hydroxylation is 2. The Labute approximate surface area is 146 Å². The molecule has 0 heterocycles. The van der Waals surface area contributed by atoms with Gasteiger partial charge in [0.15, 0.2) is 0 Å². The zero-order valence-electron chi connectivity index (χ0n) is 14.3. The number of para-hydroxylation sites is 1. The molecule has 0 bridgehead atoms. The smallest absolute Gasteiger partial charge is 0.303 e. The third kappa shape index (κ3) is 4.34. The van der Waals surface area contributed by atoms with Crippen LogP contribution in [0.25, 0.3) is 0 Å². The average molecular weight is 366 g/mol. The Morgan fingerprint density at radius 3 is 2.32 bits per heavy atom. The van der Waals surface area contributed by atoms with Gasteiger partial charge in [-0.2, -0.15) is 12.7 Å². The molecular weight excluding hydrogens is 347 g/mol. The summed E-state index contributed by atoms with van der Waals surface area (Å²) < 4.78 is 46.0. The molecule has 0 aliphatic rings. The van der Waals surface area contributed by atoms with E-state index in [0.29, 0.717) is 11.3 Å². The highest BCUT2D eigenvalue weighted by Crippen LogP contribution is 2.29. The second-order valence-corrected chi connectivity index (χ2v) is 7.57. The van der Waals surface area contributed by atoms with Gasteiger partial charge in [0.2, 0.25) is 0 Å². The molecule has 0 saturated heterocycles. The Bertz CT molecular complexity index is 911. The molecule has 0 saturated carbocycles. The number of halogens is 1. The predicted molar refractivity (Wildman–Crippen MR) is 92.5 cm³/mol. The first-order chi connectivity index (χ1) is 11.6. The average Bonchev–Trinajstić information content (AvgIpc) is 2.52. The van der Waals surface area contributed by atoms with Gasteiger partial charge in [-0.15, -0.1) is 0 Å². The lowest BCUT2D eigenvalue weighted by Crippen LogP contribution is -2.39. The monoisotopic (exact) mass is 366 g/mol. The van der Waals surface area contributed by atoms with E-state index in [-0.39, 0.29) is 11.3 Å². The van der Waals surface area contributed by atoms with Crippen molar-refractivity contribution in [2.75, 3.05) is 14.1 Å². The van der Waals surface area contributed by atoms with Crippen molar-refractivity contribution >= 4 is 16.1 Å². The first kappa shape index (κ1) is 18.9. The second kappa shape index (κ2) is 7.20. The maximum Gasteiger partial charge on any atom is 0.303 e. The summed E-state index contributed by atoms with van der Waals surface area (Å²) in [6.07, 6.45) is 0. The molecule has 6 nitrogen and oxygen atoms in total. The van der Waals surface area contributed by atoms with E-state index in [1.165, 1.54) is 20.2 Å². The van der Waals surface area contributed by atoms with E-state index in [9.17, 15) is 17.6 Å². The first-order valence-corrected chi connectivity index (χ1v) is 8.84. The van der Waals surface area contributed by atoms with Crippen molar-refractivity contribution in [3.05, 3.63) is 58.9 Å². The highest BCUT2D eigenvalue weighted by atomic mass is 32.2. The summed E-state index contributed by atoms with van der Waals surface area (Å²) in [6, 6.07) is 9.57. The Kier molecular flexibility index (Phi) is 5.44. The molecule has 0 fully saturated rings. The lowest BCUT2D eigenvalue weighted by molar-refractivity contribution is 0.0975. The van der Waals surface area contributed by atoms with E-state index < -0.39 is 21.9 Å². The molecule has 0 radical (unpaired) electrons. The fourth-order valence-corrected chi connectivity index (χ4v) is 2.53. The number of rotatable bonds is 5. The number of carbonyl (C=O) groups excluding carboxylic acids is 1. The molecule has 1 amide bonds. The van der Waals surface area contributed by atoms with Crippen molar-refractivity contribution in [3.63, 3.8) is 0 Å². The molecule has 2 aromatic rings. The molecule has 2 rings (SSSR count). The molecular formula is C17H19FN2O4S. The third-order valence-electron chi connectivity index (χ3n) is 3.53. The fraction of sp³-hybridized carbons (Fsp3) is 0.235. The highest BCUT2D eigenvalue weighted by Gasteiger charge is 2.22. The van der Waals surface area contributed by atoms with Crippen LogP contribution < -0.4 is 9.46 Å². The van der Waals surface area contributed by atoms with Crippen LogP contribution in [0.5, 0.6) is 11.5 Å². The van der Waals surface area contributed by atoms with Gasteiger partial charge < -0.3 is 4.74 Å². The lowest BCUT2D eigenvalue weighted by atomic mass is 10.1. The van der Waals surface area contributed by atoms with E-state index >= 15 is 0 Å². The molecule has 2 aromatic carbocycles. The summed E-state index contributed by atoms with van der Waals surface area (Å²) in [7, 11) is -1.48. The van der Waals surface area contributed by atoms with Crippen LogP contribution in [0.3, 0.4) is 0 Å². The molecule has 0 aliphatic heterocycles. The fourth-order valence-electron chi connectivity index (χ4n) is 2.00. The minimum absolute atomic E-state index is 0.249. The Morgan fingerprint density at radius 2 is 1.72 bits per heavy atom. The van der Waals surface area contributed by atoms with Crippen LogP contribution in [0.4, 0.5) is 4.39 Å². The molecule has 0 aromatic heterocycles. The maximum atomic E-state index is 14.3. The topological polar surface area (TPSA) is 75.7 Å². The largest absolute Gasteiger partial charge is 0.457 e. The Balaban J connectivity index is 2.31. The molecule has 0 spiro atoms. The van der Waals surface area contributed by atoms with Gasteiger partial charge in [0.05, 0.1) is 5.56 Å². The van der Waals surface area contributed by atoms with Crippen LogP contribution in [0.15, 0.2) is 36.4 Å². The second-order valence-electron chi connectivity index (χ2n) is 5.68. The van der Waals surface area contributed by atoms with Gasteiger partial charge in [-0.25, -0.2) is 9.11 Å². The van der Waals surface area contributed by atoms with Crippen LogP contribution in [-0.2, 0) is 10.2 Å². The number of nitrogens with one attached hydrogen (secondary N) is 1. The number of amides is 1.